The highest BCUT2D eigenvalue weighted by atomic mass is 16.3. The lowest BCUT2D eigenvalue weighted by Crippen LogP contribution is -2.22. The summed E-state index contributed by atoms with van der Waals surface area (Å²) in [6.45, 7) is 1.45. The van der Waals surface area contributed by atoms with Crippen LogP contribution in [-0.4, -0.2) is 17.9 Å². The normalized spacial score (nSPS) is 9.50. The van der Waals surface area contributed by atoms with E-state index in [1.54, 1.807) is 13.1 Å². The second-order valence-electron chi connectivity index (χ2n) is 2.43. The van der Waals surface area contributed by atoms with Crippen molar-refractivity contribution in [2.45, 2.75) is 6.92 Å². The molecule has 1 amide bonds. The molecule has 1 aromatic rings. The Kier molecular flexibility index (Phi) is 2.28. The molecule has 1 rings (SSSR count). The van der Waals surface area contributed by atoms with Crippen LogP contribution < -0.4 is 10.0 Å². The Labute approximate surface area is 70.5 Å². The van der Waals surface area contributed by atoms with E-state index in [1.165, 1.54) is 24.1 Å². The van der Waals surface area contributed by atoms with Crippen LogP contribution in [-0.2, 0) is 4.79 Å². The Morgan fingerprint density at radius 2 is 2.25 bits per heavy atom. The quantitative estimate of drug-likeness (QED) is 0.594. The van der Waals surface area contributed by atoms with Crippen LogP contribution in [0, 0.1) is 0 Å². The van der Waals surface area contributed by atoms with Gasteiger partial charge in [0.1, 0.15) is 0 Å². The van der Waals surface area contributed by atoms with Gasteiger partial charge in [-0.15, -0.1) is 0 Å². The van der Waals surface area contributed by atoms with Crippen LogP contribution in [0.3, 0.4) is 0 Å². The van der Waals surface area contributed by atoms with Gasteiger partial charge in [-0.2, -0.15) is 0 Å². The molecular formula is C8H9N2O2-. The maximum absolute atomic E-state index is 10.8. The molecule has 0 radical (unpaired) electrons. The summed E-state index contributed by atoms with van der Waals surface area (Å²) in [6, 6.07) is 2.89. The number of nitrogens with zero attached hydrogens (tertiary/aromatic N) is 2. The molecule has 64 valence electrons. The first-order valence-electron chi connectivity index (χ1n) is 3.48. The van der Waals surface area contributed by atoms with Crippen LogP contribution in [0.5, 0.6) is 5.88 Å². The molecule has 0 unspecified atom stereocenters. The zero-order chi connectivity index (χ0) is 9.14. The van der Waals surface area contributed by atoms with Gasteiger partial charge in [0.05, 0.1) is 5.69 Å². The van der Waals surface area contributed by atoms with Crippen LogP contribution in [0.15, 0.2) is 18.3 Å². The molecule has 12 heavy (non-hydrogen) atoms. The van der Waals surface area contributed by atoms with Gasteiger partial charge in [-0.1, -0.05) is 0 Å². The van der Waals surface area contributed by atoms with Crippen LogP contribution in [0.2, 0.25) is 0 Å². The number of aromatic nitrogens is 1. The lowest BCUT2D eigenvalue weighted by molar-refractivity contribution is -0.274. The summed E-state index contributed by atoms with van der Waals surface area (Å²) in [5.74, 6) is -0.383. The van der Waals surface area contributed by atoms with E-state index in [1.807, 2.05) is 0 Å². The van der Waals surface area contributed by atoms with Gasteiger partial charge in [-0.25, -0.2) is 0 Å². The van der Waals surface area contributed by atoms with Gasteiger partial charge >= 0.3 is 0 Å². The molecule has 0 saturated carbocycles. The number of carbonyl (C=O) groups is 1. The molecule has 4 heteroatoms. The Morgan fingerprint density at radius 1 is 1.58 bits per heavy atom. The van der Waals surface area contributed by atoms with Crippen molar-refractivity contribution in [1.29, 1.82) is 0 Å². The van der Waals surface area contributed by atoms with Gasteiger partial charge in [-0.05, 0) is 18.0 Å². The van der Waals surface area contributed by atoms with Crippen LogP contribution in [0.25, 0.3) is 0 Å². The number of carbonyl (C=O) groups excluding carboxylic acids is 1. The maximum atomic E-state index is 10.8. The van der Waals surface area contributed by atoms with Crippen molar-refractivity contribution >= 4 is 11.6 Å². The lowest BCUT2D eigenvalue weighted by atomic mass is 10.4. The molecule has 0 saturated heterocycles. The fourth-order valence-corrected chi connectivity index (χ4v) is 0.753. The number of hydrogen-bond acceptors (Lipinski definition) is 3. The minimum absolute atomic E-state index is 0.0875. The Hall–Kier alpha value is -1.58. The van der Waals surface area contributed by atoms with Crippen molar-refractivity contribution in [3.63, 3.8) is 0 Å². The van der Waals surface area contributed by atoms with Crippen molar-refractivity contribution in [1.82, 2.24) is 4.98 Å². The molecule has 0 aliphatic rings. The van der Waals surface area contributed by atoms with E-state index >= 15 is 0 Å². The largest absolute Gasteiger partial charge is 0.859 e. The van der Waals surface area contributed by atoms with E-state index in [2.05, 4.69) is 4.98 Å². The zero-order valence-electron chi connectivity index (χ0n) is 6.94. The molecule has 0 fully saturated rings. The van der Waals surface area contributed by atoms with E-state index in [-0.39, 0.29) is 11.8 Å². The minimum Gasteiger partial charge on any atom is -0.859 e. The summed E-state index contributed by atoms with van der Waals surface area (Å²) in [7, 11) is 1.63. The number of anilines is 1. The summed E-state index contributed by atoms with van der Waals surface area (Å²) >= 11 is 0. The predicted octanol–water partition coefficient (Wildman–Crippen LogP) is 0.138. The smallest absolute Gasteiger partial charge is 0.223 e. The molecular weight excluding hydrogens is 156 g/mol. The molecule has 4 nitrogen and oxygen atoms in total. The van der Waals surface area contributed by atoms with E-state index in [0.29, 0.717) is 5.69 Å². The third-order valence-electron chi connectivity index (χ3n) is 1.58. The van der Waals surface area contributed by atoms with Crippen molar-refractivity contribution in [2.75, 3.05) is 11.9 Å². The standard InChI is InChI=1S/C8H10N2O2/c1-6(11)10(2)7-3-4-8(12)9-5-7/h3-5H,1-2H3,(H,9,12)/p-1. The van der Waals surface area contributed by atoms with Crippen molar-refractivity contribution < 1.29 is 9.90 Å². The molecule has 0 bridgehead atoms. The molecule has 0 atom stereocenters. The molecule has 0 N–H and O–H groups in total. The molecule has 0 aliphatic heterocycles. The van der Waals surface area contributed by atoms with E-state index in [4.69, 9.17) is 0 Å². The molecule has 1 heterocycles. The highest BCUT2D eigenvalue weighted by Gasteiger charge is 2.03. The second-order valence-corrected chi connectivity index (χ2v) is 2.43. The summed E-state index contributed by atoms with van der Waals surface area (Å²) in [4.78, 5) is 15.8. The number of rotatable bonds is 1. The van der Waals surface area contributed by atoms with Crippen molar-refractivity contribution in [3.05, 3.63) is 18.3 Å². The van der Waals surface area contributed by atoms with Gasteiger partial charge in [0.15, 0.2) is 0 Å². The minimum atomic E-state index is -0.296. The first kappa shape index (κ1) is 8.52. The SMILES string of the molecule is CC(=O)N(C)c1ccc([O-])nc1. The van der Waals surface area contributed by atoms with E-state index < -0.39 is 0 Å². The van der Waals surface area contributed by atoms with Crippen LogP contribution >= 0.6 is 0 Å². The van der Waals surface area contributed by atoms with E-state index in [9.17, 15) is 9.90 Å². The average Bonchev–Trinajstić information content (AvgIpc) is 2.04. The predicted molar refractivity (Wildman–Crippen MR) is 42.8 cm³/mol. The van der Waals surface area contributed by atoms with Crippen LogP contribution in [0.4, 0.5) is 5.69 Å². The summed E-state index contributed by atoms with van der Waals surface area (Å²) < 4.78 is 0. The van der Waals surface area contributed by atoms with E-state index in [0.717, 1.165) is 0 Å². The number of pyridine rings is 1. The maximum Gasteiger partial charge on any atom is 0.223 e. The van der Waals surface area contributed by atoms with Gasteiger partial charge in [-0.3, -0.25) is 9.78 Å². The van der Waals surface area contributed by atoms with Crippen LogP contribution in [0.1, 0.15) is 6.92 Å². The Morgan fingerprint density at radius 3 is 2.67 bits per heavy atom. The second kappa shape index (κ2) is 3.21. The summed E-state index contributed by atoms with van der Waals surface area (Å²) in [5.41, 5.74) is 0.627. The highest BCUT2D eigenvalue weighted by Crippen LogP contribution is 2.12. The fraction of sp³-hybridized carbons (Fsp3) is 0.250. The highest BCUT2D eigenvalue weighted by molar-refractivity contribution is 5.90. The molecule has 1 aromatic heterocycles. The fourth-order valence-electron chi connectivity index (χ4n) is 0.753. The third kappa shape index (κ3) is 1.72. The first-order chi connectivity index (χ1) is 5.61. The van der Waals surface area contributed by atoms with Gasteiger partial charge < -0.3 is 10.0 Å². The zero-order valence-corrected chi connectivity index (χ0v) is 6.94. The topological polar surface area (TPSA) is 56.3 Å². The number of hydrogen-bond donors (Lipinski definition) is 0. The van der Waals surface area contributed by atoms with Crippen molar-refractivity contribution in [3.8, 4) is 5.88 Å². The Balaban J connectivity index is 2.89. The van der Waals surface area contributed by atoms with Crippen molar-refractivity contribution in [2.24, 2.45) is 0 Å². The average molecular weight is 165 g/mol. The molecule has 0 aromatic carbocycles. The molecule has 0 spiro atoms. The van der Waals surface area contributed by atoms with Gasteiger partial charge in [0.25, 0.3) is 0 Å². The first-order valence-corrected chi connectivity index (χ1v) is 3.48. The monoisotopic (exact) mass is 165 g/mol. The third-order valence-corrected chi connectivity index (χ3v) is 1.58. The van der Waals surface area contributed by atoms with Gasteiger partial charge in [0, 0.05) is 20.2 Å². The van der Waals surface area contributed by atoms with Gasteiger partial charge in [0.2, 0.25) is 5.91 Å². The lowest BCUT2D eigenvalue weighted by Gasteiger charge is -2.15. The summed E-state index contributed by atoms with van der Waals surface area (Å²) in [5, 5.41) is 10.6. The Bertz CT molecular complexity index is 282. The summed E-state index contributed by atoms with van der Waals surface area (Å²) in [6.07, 6.45) is 1.38. The number of amides is 1. The molecule has 0 aliphatic carbocycles.